The highest BCUT2D eigenvalue weighted by molar-refractivity contribution is 5.85. The van der Waals surface area contributed by atoms with Gasteiger partial charge in [-0.3, -0.25) is 9.59 Å². The van der Waals surface area contributed by atoms with Crippen LogP contribution in [0.15, 0.2) is 30.3 Å². The normalized spacial score (nSPS) is 11.4. The van der Waals surface area contributed by atoms with Gasteiger partial charge in [0.15, 0.2) is 0 Å². The van der Waals surface area contributed by atoms with Crippen LogP contribution in [0.2, 0.25) is 0 Å². The first kappa shape index (κ1) is 20.7. The smallest absolute Gasteiger partial charge is 0.328 e. The number of aryl methyl sites for hydroxylation is 1. The Morgan fingerprint density at radius 1 is 1.00 bits per heavy atom. The van der Waals surface area contributed by atoms with Crippen LogP contribution >= 0.6 is 0 Å². The average molecular weight is 349 g/mol. The maximum atomic E-state index is 12.1. The number of carbonyl (C=O) groups excluding carboxylic acids is 3. The average Bonchev–Trinajstić information content (AvgIpc) is 2.60. The quantitative estimate of drug-likeness (QED) is 0.620. The fraction of sp³-hybridized carbons (Fsp3) is 0.526. The molecule has 1 unspecified atom stereocenters. The van der Waals surface area contributed by atoms with E-state index in [2.05, 4.69) is 5.32 Å². The summed E-state index contributed by atoms with van der Waals surface area (Å²) in [4.78, 5) is 35.5. The molecule has 25 heavy (non-hydrogen) atoms. The molecule has 138 valence electrons. The lowest BCUT2D eigenvalue weighted by Crippen LogP contribution is -2.42. The summed E-state index contributed by atoms with van der Waals surface area (Å²) >= 11 is 0. The molecule has 1 aromatic carbocycles. The Kier molecular flexibility index (Phi) is 9.97. The Labute approximate surface area is 148 Å². The highest BCUT2D eigenvalue weighted by Crippen LogP contribution is 2.06. The Hall–Kier alpha value is -2.37. The molecule has 0 fully saturated rings. The summed E-state index contributed by atoms with van der Waals surface area (Å²) in [5.74, 6) is -1.14. The predicted octanol–water partition coefficient (Wildman–Crippen LogP) is 2.40. The molecule has 0 radical (unpaired) electrons. The molecule has 0 aliphatic rings. The molecule has 1 aromatic rings. The van der Waals surface area contributed by atoms with Gasteiger partial charge in [-0.25, -0.2) is 4.79 Å². The van der Waals surface area contributed by atoms with E-state index in [9.17, 15) is 14.4 Å². The minimum Gasteiger partial charge on any atom is -0.466 e. The van der Waals surface area contributed by atoms with Gasteiger partial charge < -0.3 is 14.8 Å². The van der Waals surface area contributed by atoms with Gasteiger partial charge >= 0.3 is 11.9 Å². The third-order valence-corrected chi connectivity index (χ3v) is 3.56. The van der Waals surface area contributed by atoms with Crippen LogP contribution in [0.1, 0.15) is 45.1 Å². The van der Waals surface area contributed by atoms with Gasteiger partial charge in [-0.05, 0) is 38.7 Å². The van der Waals surface area contributed by atoms with E-state index in [1.165, 1.54) is 5.56 Å². The lowest BCUT2D eigenvalue weighted by Gasteiger charge is -2.17. The third-order valence-electron chi connectivity index (χ3n) is 3.56. The van der Waals surface area contributed by atoms with Gasteiger partial charge in [0.05, 0.1) is 13.2 Å². The molecule has 6 nitrogen and oxygen atoms in total. The zero-order chi connectivity index (χ0) is 18.5. The van der Waals surface area contributed by atoms with Crippen LogP contribution in [0.4, 0.5) is 0 Å². The molecule has 1 rings (SSSR count). The summed E-state index contributed by atoms with van der Waals surface area (Å²) in [5.41, 5.74) is 1.17. The fourth-order valence-electron chi connectivity index (χ4n) is 2.35. The number of amides is 1. The van der Waals surface area contributed by atoms with E-state index < -0.39 is 18.0 Å². The number of rotatable bonds is 11. The third kappa shape index (κ3) is 8.88. The largest absolute Gasteiger partial charge is 0.466 e. The summed E-state index contributed by atoms with van der Waals surface area (Å²) in [6.07, 6.45) is 2.01. The van der Waals surface area contributed by atoms with Gasteiger partial charge in [-0.2, -0.15) is 0 Å². The van der Waals surface area contributed by atoms with Gasteiger partial charge in [-0.15, -0.1) is 0 Å². The Morgan fingerprint density at radius 3 is 2.32 bits per heavy atom. The van der Waals surface area contributed by atoms with Crippen molar-refractivity contribution in [1.82, 2.24) is 5.32 Å². The van der Waals surface area contributed by atoms with E-state index in [0.29, 0.717) is 12.8 Å². The van der Waals surface area contributed by atoms with E-state index >= 15 is 0 Å². The van der Waals surface area contributed by atoms with E-state index in [4.69, 9.17) is 9.47 Å². The molecule has 0 bridgehead atoms. The van der Waals surface area contributed by atoms with Crippen LogP contribution in [0.5, 0.6) is 0 Å². The standard InChI is InChI=1S/C19H27NO5/c1-3-24-18(22)14-13-16(19(23)25-4-2)20-17(21)12-8-11-15-9-6-5-7-10-15/h5-7,9-10,16H,3-4,8,11-14H2,1-2H3,(H,20,21). The van der Waals surface area contributed by atoms with Crippen molar-refractivity contribution in [2.45, 2.75) is 52.0 Å². The van der Waals surface area contributed by atoms with Crippen molar-refractivity contribution in [2.24, 2.45) is 0 Å². The first-order valence-electron chi connectivity index (χ1n) is 8.72. The van der Waals surface area contributed by atoms with Gasteiger partial charge in [0.25, 0.3) is 0 Å². The molecule has 0 saturated heterocycles. The molecule has 6 heteroatoms. The van der Waals surface area contributed by atoms with E-state index in [1.54, 1.807) is 13.8 Å². The number of benzene rings is 1. The van der Waals surface area contributed by atoms with E-state index in [-0.39, 0.29) is 32.0 Å². The molecule has 1 amide bonds. The van der Waals surface area contributed by atoms with E-state index in [1.807, 2.05) is 30.3 Å². The van der Waals surface area contributed by atoms with Gasteiger partial charge in [0.2, 0.25) is 5.91 Å². The maximum Gasteiger partial charge on any atom is 0.328 e. The van der Waals surface area contributed by atoms with Gasteiger partial charge in [-0.1, -0.05) is 30.3 Å². The van der Waals surface area contributed by atoms with Crippen LogP contribution in [0, 0.1) is 0 Å². The molecule has 0 saturated carbocycles. The Balaban J connectivity index is 2.44. The first-order chi connectivity index (χ1) is 12.1. The Bertz CT molecular complexity index is 544. The van der Waals surface area contributed by atoms with Crippen LogP contribution in [0.25, 0.3) is 0 Å². The lowest BCUT2D eigenvalue weighted by atomic mass is 10.1. The molecule has 1 N–H and O–H groups in total. The highest BCUT2D eigenvalue weighted by atomic mass is 16.5. The number of esters is 2. The Morgan fingerprint density at radius 2 is 1.68 bits per heavy atom. The van der Waals surface area contributed by atoms with Crippen molar-refractivity contribution in [2.75, 3.05) is 13.2 Å². The predicted molar refractivity (Wildman–Crippen MR) is 93.8 cm³/mol. The summed E-state index contributed by atoms with van der Waals surface area (Å²) in [6, 6.07) is 9.07. The van der Waals surface area contributed by atoms with Crippen molar-refractivity contribution >= 4 is 17.8 Å². The first-order valence-corrected chi connectivity index (χ1v) is 8.72. The second-order valence-electron chi connectivity index (χ2n) is 5.55. The molecule has 1 atom stereocenters. The lowest BCUT2D eigenvalue weighted by molar-refractivity contribution is -0.148. The van der Waals surface area contributed by atoms with Gasteiger partial charge in [0, 0.05) is 12.8 Å². The SMILES string of the molecule is CCOC(=O)CCC(NC(=O)CCCc1ccccc1)C(=O)OCC. The van der Waals surface area contributed by atoms with Crippen LogP contribution in [-0.2, 0) is 30.3 Å². The molecule has 0 aliphatic carbocycles. The summed E-state index contributed by atoms with van der Waals surface area (Å²) in [7, 11) is 0. The number of hydrogen-bond acceptors (Lipinski definition) is 5. The summed E-state index contributed by atoms with van der Waals surface area (Å²) in [5, 5.41) is 2.66. The fourth-order valence-corrected chi connectivity index (χ4v) is 2.35. The van der Waals surface area contributed by atoms with Crippen LogP contribution < -0.4 is 5.32 Å². The molecular formula is C19H27NO5. The van der Waals surface area contributed by atoms with Crippen LogP contribution in [0.3, 0.4) is 0 Å². The minimum absolute atomic E-state index is 0.0572. The summed E-state index contributed by atoms with van der Waals surface area (Å²) in [6.45, 7) is 3.92. The zero-order valence-electron chi connectivity index (χ0n) is 15.0. The van der Waals surface area contributed by atoms with E-state index in [0.717, 1.165) is 6.42 Å². The van der Waals surface area contributed by atoms with Crippen molar-refractivity contribution in [1.29, 1.82) is 0 Å². The van der Waals surface area contributed by atoms with Crippen molar-refractivity contribution in [3.63, 3.8) is 0 Å². The molecule has 0 aliphatic heterocycles. The number of hydrogen-bond donors (Lipinski definition) is 1. The molecule has 0 heterocycles. The van der Waals surface area contributed by atoms with Gasteiger partial charge in [0.1, 0.15) is 6.04 Å². The maximum absolute atomic E-state index is 12.1. The van der Waals surface area contributed by atoms with Crippen molar-refractivity contribution in [3.05, 3.63) is 35.9 Å². The number of nitrogens with one attached hydrogen (secondary N) is 1. The topological polar surface area (TPSA) is 81.7 Å². The second-order valence-corrected chi connectivity index (χ2v) is 5.55. The monoisotopic (exact) mass is 349 g/mol. The highest BCUT2D eigenvalue weighted by Gasteiger charge is 2.23. The van der Waals surface area contributed by atoms with Crippen molar-refractivity contribution < 1.29 is 23.9 Å². The number of carbonyl (C=O) groups is 3. The van der Waals surface area contributed by atoms with Crippen molar-refractivity contribution in [3.8, 4) is 0 Å². The zero-order valence-corrected chi connectivity index (χ0v) is 15.0. The second kappa shape index (κ2) is 12.1. The summed E-state index contributed by atoms with van der Waals surface area (Å²) < 4.78 is 9.81. The van der Waals surface area contributed by atoms with Crippen LogP contribution in [-0.4, -0.2) is 37.1 Å². The molecule has 0 aromatic heterocycles. The molecular weight excluding hydrogens is 322 g/mol. The number of ether oxygens (including phenoxy) is 2. The molecule has 0 spiro atoms. The minimum atomic E-state index is -0.825.